The molecule has 0 aliphatic carbocycles. The minimum atomic E-state index is -1.19. The standard InChI is InChI=1S/C18H35N5O6S/c1-10(15(25)23-13(18(28)29)6-4-5-8-19)21-16(26)12(7-9-30-3)22-17(27)14(20)11(2)24/h10-14,24H,4-9,19-20H2,1-3H3,(H,21,26)(H,22,27)(H,23,25)(H,28,29). The fourth-order valence-electron chi connectivity index (χ4n) is 2.42. The number of hydrogen-bond acceptors (Lipinski definition) is 8. The number of nitrogens with one attached hydrogen (secondary N) is 3. The Hall–Kier alpha value is -1.89. The number of nitrogens with two attached hydrogens (primary N) is 2. The van der Waals surface area contributed by atoms with E-state index in [0.29, 0.717) is 25.1 Å². The number of hydrogen-bond donors (Lipinski definition) is 7. The number of amides is 3. The maximum Gasteiger partial charge on any atom is 0.326 e. The second-order valence-corrected chi connectivity index (χ2v) is 8.01. The van der Waals surface area contributed by atoms with Gasteiger partial charge in [0, 0.05) is 0 Å². The molecule has 0 saturated carbocycles. The molecule has 30 heavy (non-hydrogen) atoms. The number of carboxylic acid groups (broad SMARTS) is 1. The van der Waals surface area contributed by atoms with Gasteiger partial charge in [0.15, 0.2) is 0 Å². The summed E-state index contributed by atoms with van der Waals surface area (Å²) in [5, 5.41) is 26.1. The van der Waals surface area contributed by atoms with Gasteiger partial charge in [0.1, 0.15) is 24.2 Å². The van der Waals surface area contributed by atoms with Gasteiger partial charge >= 0.3 is 5.97 Å². The summed E-state index contributed by atoms with van der Waals surface area (Å²) in [5.74, 6) is -2.55. The van der Waals surface area contributed by atoms with Crippen LogP contribution in [0, 0.1) is 0 Å². The second-order valence-electron chi connectivity index (χ2n) is 7.02. The smallest absolute Gasteiger partial charge is 0.326 e. The molecule has 0 aromatic carbocycles. The molecule has 9 N–H and O–H groups in total. The number of aliphatic hydroxyl groups excluding tert-OH is 1. The molecular weight excluding hydrogens is 414 g/mol. The molecule has 0 saturated heterocycles. The quantitative estimate of drug-likeness (QED) is 0.140. The van der Waals surface area contributed by atoms with Crippen LogP contribution in [0.5, 0.6) is 0 Å². The van der Waals surface area contributed by atoms with Crippen LogP contribution < -0.4 is 27.4 Å². The van der Waals surface area contributed by atoms with Crippen molar-refractivity contribution in [2.75, 3.05) is 18.6 Å². The van der Waals surface area contributed by atoms with Gasteiger partial charge in [-0.3, -0.25) is 14.4 Å². The molecule has 5 unspecified atom stereocenters. The van der Waals surface area contributed by atoms with Gasteiger partial charge in [-0.05, 0) is 58.1 Å². The summed E-state index contributed by atoms with van der Waals surface area (Å²) in [6.07, 6.45) is 2.44. The molecule has 0 fully saturated rings. The molecule has 0 bridgehead atoms. The van der Waals surface area contributed by atoms with Crippen LogP contribution in [0.4, 0.5) is 0 Å². The summed E-state index contributed by atoms with van der Waals surface area (Å²) >= 11 is 1.47. The average Bonchev–Trinajstić information content (AvgIpc) is 2.68. The maximum atomic E-state index is 12.6. The summed E-state index contributed by atoms with van der Waals surface area (Å²) in [7, 11) is 0. The van der Waals surface area contributed by atoms with E-state index in [-0.39, 0.29) is 12.8 Å². The lowest BCUT2D eigenvalue weighted by Crippen LogP contribution is -2.57. The van der Waals surface area contributed by atoms with Crippen LogP contribution in [0.2, 0.25) is 0 Å². The lowest BCUT2D eigenvalue weighted by molar-refractivity contribution is -0.142. The zero-order valence-corrected chi connectivity index (χ0v) is 18.5. The summed E-state index contributed by atoms with van der Waals surface area (Å²) < 4.78 is 0. The van der Waals surface area contributed by atoms with Crippen molar-refractivity contribution in [1.29, 1.82) is 0 Å². The molecule has 174 valence electrons. The lowest BCUT2D eigenvalue weighted by atomic mass is 10.1. The van der Waals surface area contributed by atoms with Crippen molar-refractivity contribution in [2.24, 2.45) is 11.5 Å². The fourth-order valence-corrected chi connectivity index (χ4v) is 2.89. The van der Waals surface area contributed by atoms with Crippen LogP contribution in [-0.4, -0.2) is 82.7 Å². The molecule has 0 aliphatic rings. The van der Waals surface area contributed by atoms with E-state index in [1.165, 1.54) is 25.6 Å². The van der Waals surface area contributed by atoms with E-state index in [9.17, 15) is 29.4 Å². The van der Waals surface area contributed by atoms with Crippen LogP contribution in [0.3, 0.4) is 0 Å². The summed E-state index contributed by atoms with van der Waals surface area (Å²) in [6.45, 7) is 3.20. The van der Waals surface area contributed by atoms with Gasteiger partial charge in [-0.2, -0.15) is 11.8 Å². The number of carboxylic acids is 1. The molecule has 12 heteroatoms. The van der Waals surface area contributed by atoms with Gasteiger partial charge in [-0.25, -0.2) is 4.79 Å². The monoisotopic (exact) mass is 449 g/mol. The highest BCUT2D eigenvalue weighted by molar-refractivity contribution is 7.98. The van der Waals surface area contributed by atoms with Gasteiger partial charge in [-0.15, -0.1) is 0 Å². The molecule has 0 aromatic rings. The third-order valence-corrected chi connectivity index (χ3v) is 5.02. The van der Waals surface area contributed by atoms with Crippen LogP contribution in [0.15, 0.2) is 0 Å². The molecule has 0 radical (unpaired) electrons. The van der Waals surface area contributed by atoms with E-state index in [1.807, 2.05) is 6.26 Å². The first kappa shape index (κ1) is 28.1. The van der Waals surface area contributed by atoms with E-state index in [4.69, 9.17) is 11.5 Å². The van der Waals surface area contributed by atoms with Crippen LogP contribution in [0.1, 0.15) is 39.5 Å². The molecule has 0 rings (SSSR count). The molecule has 3 amide bonds. The minimum Gasteiger partial charge on any atom is -0.480 e. The highest BCUT2D eigenvalue weighted by atomic mass is 32.2. The van der Waals surface area contributed by atoms with Gasteiger partial charge in [-0.1, -0.05) is 0 Å². The lowest BCUT2D eigenvalue weighted by Gasteiger charge is -2.24. The van der Waals surface area contributed by atoms with Crippen molar-refractivity contribution >= 4 is 35.5 Å². The Kier molecular flexibility index (Phi) is 14.0. The molecule has 0 heterocycles. The summed E-state index contributed by atoms with van der Waals surface area (Å²) in [6, 6.07) is -4.25. The SMILES string of the molecule is CSCCC(NC(=O)C(N)C(C)O)C(=O)NC(C)C(=O)NC(CCCCN)C(=O)O. The van der Waals surface area contributed by atoms with Crippen molar-refractivity contribution in [3.05, 3.63) is 0 Å². The van der Waals surface area contributed by atoms with Crippen molar-refractivity contribution in [3.8, 4) is 0 Å². The molecular formula is C18H35N5O6S. The van der Waals surface area contributed by atoms with E-state index in [2.05, 4.69) is 16.0 Å². The Labute approximate surface area is 181 Å². The first-order valence-corrected chi connectivity index (χ1v) is 11.2. The van der Waals surface area contributed by atoms with E-state index < -0.39 is 54.0 Å². The van der Waals surface area contributed by atoms with Crippen molar-refractivity contribution in [1.82, 2.24) is 16.0 Å². The van der Waals surface area contributed by atoms with E-state index in [0.717, 1.165) is 0 Å². The first-order valence-electron chi connectivity index (χ1n) is 9.81. The van der Waals surface area contributed by atoms with Gasteiger partial charge in [0.05, 0.1) is 6.10 Å². The Morgan fingerprint density at radius 1 is 0.933 bits per heavy atom. The molecule has 0 aromatic heterocycles. The first-order chi connectivity index (χ1) is 14.0. The zero-order chi connectivity index (χ0) is 23.3. The van der Waals surface area contributed by atoms with Gasteiger partial charge in [0.2, 0.25) is 17.7 Å². The molecule has 0 spiro atoms. The summed E-state index contributed by atoms with van der Waals surface area (Å²) in [5.41, 5.74) is 11.0. The summed E-state index contributed by atoms with van der Waals surface area (Å²) in [4.78, 5) is 48.3. The maximum absolute atomic E-state index is 12.6. The Morgan fingerprint density at radius 3 is 2.03 bits per heavy atom. The zero-order valence-electron chi connectivity index (χ0n) is 17.7. The fraction of sp³-hybridized carbons (Fsp3) is 0.778. The Morgan fingerprint density at radius 2 is 1.53 bits per heavy atom. The topological polar surface area (TPSA) is 197 Å². The van der Waals surface area contributed by atoms with Crippen LogP contribution >= 0.6 is 11.8 Å². The predicted molar refractivity (Wildman–Crippen MR) is 115 cm³/mol. The number of aliphatic hydroxyl groups is 1. The number of aliphatic carboxylic acids is 1. The predicted octanol–water partition coefficient (Wildman–Crippen LogP) is -1.86. The largest absolute Gasteiger partial charge is 0.480 e. The highest BCUT2D eigenvalue weighted by Crippen LogP contribution is 2.04. The van der Waals surface area contributed by atoms with Crippen LogP contribution in [-0.2, 0) is 19.2 Å². The Balaban J connectivity index is 4.95. The van der Waals surface area contributed by atoms with Gasteiger partial charge in [0.25, 0.3) is 0 Å². The van der Waals surface area contributed by atoms with E-state index in [1.54, 1.807) is 0 Å². The van der Waals surface area contributed by atoms with Crippen LogP contribution in [0.25, 0.3) is 0 Å². The average molecular weight is 450 g/mol. The van der Waals surface area contributed by atoms with E-state index >= 15 is 0 Å². The minimum absolute atomic E-state index is 0.225. The Bertz CT molecular complexity index is 577. The third-order valence-electron chi connectivity index (χ3n) is 4.38. The van der Waals surface area contributed by atoms with Crippen molar-refractivity contribution < 1.29 is 29.4 Å². The molecule has 11 nitrogen and oxygen atoms in total. The number of carbonyl (C=O) groups excluding carboxylic acids is 3. The third kappa shape index (κ3) is 10.8. The molecule has 5 atom stereocenters. The normalized spacial score (nSPS) is 15.9. The number of rotatable bonds is 15. The number of unbranched alkanes of at least 4 members (excludes halogenated alkanes) is 1. The number of carbonyl (C=O) groups is 4. The second kappa shape index (κ2) is 15.0. The van der Waals surface area contributed by atoms with Gasteiger partial charge < -0.3 is 37.6 Å². The van der Waals surface area contributed by atoms with Crippen molar-refractivity contribution in [2.45, 2.75) is 69.8 Å². The molecule has 0 aliphatic heterocycles. The number of thioether (sulfide) groups is 1. The van der Waals surface area contributed by atoms with Crippen molar-refractivity contribution in [3.63, 3.8) is 0 Å². The highest BCUT2D eigenvalue weighted by Gasteiger charge is 2.28.